The zero-order valence-corrected chi connectivity index (χ0v) is 22.1. The lowest BCUT2D eigenvalue weighted by molar-refractivity contribution is 0.105. The van der Waals surface area contributed by atoms with E-state index in [2.05, 4.69) is 16.2 Å². The number of benzene rings is 1. The third kappa shape index (κ3) is 4.75. The van der Waals surface area contributed by atoms with Gasteiger partial charge in [0.05, 0.1) is 36.6 Å². The quantitative estimate of drug-likeness (QED) is 0.331. The summed E-state index contributed by atoms with van der Waals surface area (Å²) in [6.07, 6.45) is 8.18. The summed E-state index contributed by atoms with van der Waals surface area (Å²) in [5, 5.41) is 18.8. The monoisotopic (exact) mass is 531 g/mol. The number of likely N-dealkylation sites (tertiary alicyclic amines) is 1. The summed E-state index contributed by atoms with van der Waals surface area (Å²) in [6, 6.07) is 8.99. The van der Waals surface area contributed by atoms with Crippen LogP contribution in [-0.2, 0) is 4.74 Å². The molecule has 1 fully saturated rings. The van der Waals surface area contributed by atoms with Crippen LogP contribution in [0.5, 0.6) is 0 Å². The second-order valence-corrected chi connectivity index (χ2v) is 10.1. The molecule has 1 aliphatic rings. The van der Waals surface area contributed by atoms with Gasteiger partial charge in [-0.1, -0.05) is 11.8 Å². The lowest BCUT2D eigenvalue weighted by atomic mass is 10.0. The number of aliphatic imine (C=N–C) groups is 1. The van der Waals surface area contributed by atoms with Crippen LogP contribution in [0.4, 0.5) is 9.18 Å². The van der Waals surface area contributed by atoms with Crippen molar-refractivity contribution in [1.29, 1.82) is 5.26 Å². The zero-order chi connectivity index (χ0) is 26.8. The summed E-state index contributed by atoms with van der Waals surface area (Å²) in [5.41, 5.74) is 4.65. The minimum Gasteiger partial charge on any atom is -0.453 e. The summed E-state index contributed by atoms with van der Waals surface area (Å²) >= 11 is 1.43. The van der Waals surface area contributed by atoms with Crippen molar-refractivity contribution in [2.75, 3.05) is 27.2 Å². The number of rotatable bonds is 5. The maximum absolute atomic E-state index is 13.9. The van der Waals surface area contributed by atoms with Crippen LogP contribution in [-0.4, -0.2) is 63.8 Å². The number of nitrogens with zero attached hydrogens (tertiary/aromatic N) is 7. The van der Waals surface area contributed by atoms with Gasteiger partial charge in [-0.15, -0.1) is 0 Å². The Morgan fingerprint density at radius 2 is 2.03 bits per heavy atom. The maximum Gasteiger partial charge on any atom is 0.409 e. The highest BCUT2D eigenvalue weighted by atomic mass is 32.2. The van der Waals surface area contributed by atoms with Crippen molar-refractivity contribution in [3.05, 3.63) is 65.5 Å². The van der Waals surface area contributed by atoms with E-state index in [-0.39, 0.29) is 18.0 Å². The molecule has 1 saturated heterocycles. The van der Waals surface area contributed by atoms with E-state index < -0.39 is 0 Å². The van der Waals surface area contributed by atoms with Crippen LogP contribution in [0, 0.1) is 24.1 Å². The van der Waals surface area contributed by atoms with Crippen molar-refractivity contribution in [3.63, 3.8) is 0 Å². The molecule has 0 atom stereocenters. The van der Waals surface area contributed by atoms with Crippen molar-refractivity contribution in [2.24, 2.45) is 4.99 Å². The minimum atomic E-state index is -0.342. The number of hydrogen-bond donors (Lipinski definition) is 0. The molecule has 0 saturated carbocycles. The first kappa shape index (κ1) is 25.5. The Kier molecular flexibility index (Phi) is 7.15. The van der Waals surface area contributed by atoms with E-state index in [9.17, 15) is 14.4 Å². The minimum absolute atomic E-state index is 0.173. The lowest BCUT2D eigenvalue weighted by Gasteiger charge is -2.31. The molecule has 38 heavy (non-hydrogen) atoms. The molecule has 0 unspecified atom stereocenters. The van der Waals surface area contributed by atoms with E-state index in [0.717, 1.165) is 39.5 Å². The Hall–Kier alpha value is -4.17. The van der Waals surface area contributed by atoms with Crippen molar-refractivity contribution in [3.8, 4) is 17.2 Å². The predicted octanol–water partition coefficient (Wildman–Crippen LogP) is 5.12. The van der Waals surface area contributed by atoms with Crippen LogP contribution in [0.25, 0.3) is 16.6 Å². The van der Waals surface area contributed by atoms with Crippen LogP contribution in [0.1, 0.15) is 35.7 Å². The topological polar surface area (TPSA) is 101 Å². The fourth-order valence-corrected chi connectivity index (χ4v) is 5.95. The number of aromatic nitrogens is 4. The van der Waals surface area contributed by atoms with E-state index in [0.29, 0.717) is 29.7 Å². The Labute approximate surface area is 223 Å². The molecule has 4 heterocycles. The molecule has 11 heteroatoms. The molecule has 0 radical (unpaired) electrons. The van der Waals surface area contributed by atoms with E-state index in [1.165, 1.54) is 31.0 Å². The van der Waals surface area contributed by atoms with Crippen molar-refractivity contribution in [1.82, 2.24) is 24.3 Å². The molecule has 3 aromatic heterocycles. The number of pyridine rings is 1. The molecule has 0 aliphatic carbocycles. The number of carbonyl (C=O) groups excluding carboxylic acids is 1. The van der Waals surface area contributed by atoms with Gasteiger partial charge in [-0.3, -0.25) is 9.67 Å². The standard InChI is InChI=1S/C27H26FN7O2S/c1-17-23(15-32-35(17)22-6-8-33(9-7-22)27(36)37-3)19-11-25(26-20(12-29)14-31-34(26)16-19)38-24-5-4-21(28)10-18(24)13-30-2/h4-5,10-11,13-16,22H,6-9H2,1-3H3/b30-13-. The van der Waals surface area contributed by atoms with Gasteiger partial charge in [0, 0.05) is 64.7 Å². The Balaban J connectivity index is 1.52. The van der Waals surface area contributed by atoms with Gasteiger partial charge in [-0.05, 0) is 44.0 Å². The van der Waals surface area contributed by atoms with Gasteiger partial charge in [0.2, 0.25) is 0 Å². The third-order valence-corrected chi connectivity index (χ3v) is 7.88. The number of piperidine rings is 1. The second-order valence-electron chi connectivity index (χ2n) is 9.00. The van der Waals surface area contributed by atoms with Gasteiger partial charge < -0.3 is 9.64 Å². The molecule has 9 nitrogen and oxygen atoms in total. The molecule has 0 bridgehead atoms. The largest absolute Gasteiger partial charge is 0.453 e. The van der Waals surface area contributed by atoms with Crippen LogP contribution in [0.3, 0.4) is 0 Å². The SMILES string of the molecule is C/N=C\c1cc(F)ccc1Sc1cc(-c2cnn(C3CCN(C(=O)OC)CC3)c2C)cn2ncc(C#N)c12. The molecule has 0 spiro atoms. The van der Waals surface area contributed by atoms with Crippen LogP contribution < -0.4 is 0 Å². The number of ether oxygens (including phenoxy) is 1. The first-order valence-corrected chi connectivity index (χ1v) is 12.9. The number of carbonyl (C=O) groups is 1. The van der Waals surface area contributed by atoms with Crippen LogP contribution >= 0.6 is 11.8 Å². The van der Waals surface area contributed by atoms with E-state index in [1.54, 1.807) is 34.9 Å². The summed E-state index contributed by atoms with van der Waals surface area (Å²) in [7, 11) is 3.04. The first-order chi connectivity index (χ1) is 18.4. The Bertz CT molecular complexity index is 1580. The fraction of sp³-hybridized carbons (Fsp3) is 0.296. The van der Waals surface area contributed by atoms with Crippen LogP contribution in [0.15, 0.2) is 57.6 Å². The predicted molar refractivity (Wildman–Crippen MR) is 142 cm³/mol. The van der Waals surface area contributed by atoms with Crippen molar-refractivity contribution in [2.45, 2.75) is 35.6 Å². The van der Waals surface area contributed by atoms with E-state index >= 15 is 0 Å². The number of nitriles is 1. The highest BCUT2D eigenvalue weighted by Crippen LogP contribution is 2.38. The molecule has 1 aromatic carbocycles. The summed E-state index contributed by atoms with van der Waals surface area (Å²) in [5.74, 6) is -0.342. The first-order valence-electron chi connectivity index (χ1n) is 12.1. The number of methoxy groups -OCH3 is 1. The van der Waals surface area contributed by atoms with Gasteiger partial charge in [-0.2, -0.15) is 15.5 Å². The maximum atomic E-state index is 13.9. The fourth-order valence-electron chi connectivity index (χ4n) is 4.86. The number of halogens is 1. The highest BCUT2D eigenvalue weighted by Gasteiger charge is 2.26. The summed E-state index contributed by atoms with van der Waals surface area (Å²) < 4.78 is 22.5. The molecule has 1 amide bonds. The zero-order valence-electron chi connectivity index (χ0n) is 21.3. The van der Waals surface area contributed by atoms with E-state index in [1.807, 2.05) is 30.1 Å². The molecule has 0 N–H and O–H groups in total. The third-order valence-electron chi connectivity index (χ3n) is 6.76. The normalized spacial score (nSPS) is 14.3. The lowest BCUT2D eigenvalue weighted by Crippen LogP contribution is -2.39. The average Bonchev–Trinajstić information content (AvgIpc) is 3.53. The van der Waals surface area contributed by atoms with Gasteiger partial charge in [0.15, 0.2) is 0 Å². The molecule has 4 aromatic rings. The summed E-state index contributed by atoms with van der Waals surface area (Å²) in [6.45, 7) is 3.26. The Morgan fingerprint density at radius 3 is 2.74 bits per heavy atom. The highest BCUT2D eigenvalue weighted by molar-refractivity contribution is 7.99. The molecule has 194 valence electrons. The number of amides is 1. The van der Waals surface area contributed by atoms with Gasteiger partial charge >= 0.3 is 6.09 Å². The van der Waals surface area contributed by atoms with Gasteiger partial charge in [0.1, 0.15) is 11.9 Å². The molecule has 5 rings (SSSR count). The number of hydrogen-bond acceptors (Lipinski definition) is 7. The molecular weight excluding hydrogens is 505 g/mol. The average molecular weight is 532 g/mol. The second kappa shape index (κ2) is 10.7. The van der Waals surface area contributed by atoms with Gasteiger partial charge in [-0.25, -0.2) is 13.7 Å². The summed E-state index contributed by atoms with van der Waals surface area (Å²) in [4.78, 5) is 19.3. The van der Waals surface area contributed by atoms with E-state index in [4.69, 9.17) is 9.84 Å². The smallest absolute Gasteiger partial charge is 0.409 e. The molecule has 1 aliphatic heterocycles. The van der Waals surface area contributed by atoms with Crippen molar-refractivity contribution < 1.29 is 13.9 Å². The Morgan fingerprint density at radius 1 is 1.24 bits per heavy atom. The molecular formula is C27H26FN7O2S. The van der Waals surface area contributed by atoms with Crippen LogP contribution in [0.2, 0.25) is 0 Å². The number of fused-ring (bicyclic) bond motifs is 1. The van der Waals surface area contributed by atoms with Crippen molar-refractivity contribution >= 4 is 29.6 Å². The van der Waals surface area contributed by atoms with Gasteiger partial charge in [0.25, 0.3) is 0 Å².